The number of carbonyl (C=O) groups is 1. The molecule has 5 heteroatoms. The van der Waals surface area contributed by atoms with Gasteiger partial charge in [-0.25, -0.2) is 0 Å². The first-order valence-electron chi connectivity index (χ1n) is 8.58. The van der Waals surface area contributed by atoms with Gasteiger partial charge < -0.3 is 15.0 Å². The summed E-state index contributed by atoms with van der Waals surface area (Å²) in [7, 11) is 0. The van der Waals surface area contributed by atoms with Crippen LogP contribution in [0.2, 0.25) is 0 Å². The second kappa shape index (κ2) is 8.13. The molecular weight excluding hydrogens is 302 g/mol. The maximum absolute atomic E-state index is 12.3. The summed E-state index contributed by atoms with van der Waals surface area (Å²) < 4.78 is 5.95. The van der Waals surface area contributed by atoms with Gasteiger partial charge in [-0.3, -0.25) is 9.69 Å². The lowest BCUT2D eigenvalue weighted by Crippen LogP contribution is -2.53. The van der Waals surface area contributed by atoms with Gasteiger partial charge in [0.1, 0.15) is 5.69 Å². The molecule has 5 nitrogen and oxygen atoms in total. The zero-order valence-electron chi connectivity index (χ0n) is 14.1. The van der Waals surface area contributed by atoms with E-state index in [1.165, 1.54) is 5.56 Å². The van der Waals surface area contributed by atoms with Gasteiger partial charge >= 0.3 is 0 Å². The highest BCUT2D eigenvalue weighted by Gasteiger charge is 2.28. The monoisotopic (exact) mass is 327 g/mol. The minimum atomic E-state index is -0.0735. The third kappa shape index (κ3) is 4.24. The van der Waals surface area contributed by atoms with Crippen molar-refractivity contribution < 1.29 is 9.53 Å². The van der Waals surface area contributed by atoms with Crippen LogP contribution in [0, 0.1) is 0 Å². The molecule has 1 fully saturated rings. The molecule has 1 aromatic heterocycles. The quantitative estimate of drug-likeness (QED) is 0.857. The number of rotatable bonds is 6. The number of morpholine rings is 1. The van der Waals surface area contributed by atoms with E-state index in [0.29, 0.717) is 12.3 Å². The second-order valence-electron chi connectivity index (χ2n) is 6.20. The summed E-state index contributed by atoms with van der Waals surface area (Å²) in [5.74, 6) is -0.0735. The van der Waals surface area contributed by atoms with Crippen LogP contribution in [0.3, 0.4) is 0 Å². The topological polar surface area (TPSA) is 57.4 Å². The minimum Gasteiger partial charge on any atom is -0.373 e. The summed E-state index contributed by atoms with van der Waals surface area (Å²) in [5.41, 5.74) is 1.90. The zero-order chi connectivity index (χ0) is 16.8. The fourth-order valence-electron chi connectivity index (χ4n) is 3.14. The predicted molar refractivity (Wildman–Crippen MR) is 93.8 cm³/mol. The van der Waals surface area contributed by atoms with Crippen LogP contribution < -0.4 is 5.32 Å². The number of aromatic amines is 1. The van der Waals surface area contributed by atoms with Crippen molar-refractivity contribution >= 4 is 5.91 Å². The zero-order valence-corrected chi connectivity index (χ0v) is 14.1. The summed E-state index contributed by atoms with van der Waals surface area (Å²) in [6.07, 6.45) is 2.62. The Labute approximate surface area is 143 Å². The number of hydrogen-bond acceptors (Lipinski definition) is 3. The number of H-pyrrole nitrogens is 1. The summed E-state index contributed by atoms with van der Waals surface area (Å²) in [6.45, 7) is 5.46. The average molecular weight is 327 g/mol. The molecule has 1 aromatic carbocycles. The van der Waals surface area contributed by atoms with Crippen LogP contribution in [-0.2, 0) is 11.3 Å². The molecular formula is C19H25N3O2. The van der Waals surface area contributed by atoms with Crippen LogP contribution >= 0.6 is 0 Å². The molecule has 0 saturated carbocycles. The lowest BCUT2D eigenvalue weighted by Gasteiger charge is -2.37. The van der Waals surface area contributed by atoms with Crippen LogP contribution in [0.1, 0.15) is 29.4 Å². The standard InChI is InChI=1S/C19H25N3O2/c1-2-16(21-19(23)17-9-6-10-20-17)18-14-22(11-12-24-18)13-15-7-4-3-5-8-15/h3-10,16,18,20H,2,11-14H2,1H3,(H,21,23)/t16-,18-/m1/s1. The van der Waals surface area contributed by atoms with E-state index in [0.717, 1.165) is 26.1 Å². The van der Waals surface area contributed by atoms with Gasteiger partial charge in [0.2, 0.25) is 0 Å². The van der Waals surface area contributed by atoms with Crippen molar-refractivity contribution in [1.29, 1.82) is 0 Å². The van der Waals surface area contributed by atoms with E-state index in [1.807, 2.05) is 12.1 Å². The highest BCUT2D eigenvalue weighted by atomic mass is 16.5. The third-order valence-electron chi connectivity index (χ3n) is 4.47. The molecule has 0 radical (unpaired) electrons. The number of hydrogen-bond donors (Lipinski definition) is 2. The van der Waals surface area contributed by atoms with Gasteiger partial charge in [-0.15, -0.1) is 0 Å². The Bertz CT molecular complexity index is 627. The highest BCUT2D eigenvalue weighted by molar-refractivity contribution is 5.92. The lowest BCUT2D eigenvalue weighted by molar-refractivity contribution is -0.0483. The molecule has 1 aliphatic rings. The average Bonchev–Trinajstić information content (AvgIpc) is 3.15. The molecule has 0 bridgehead atoms. The third-order valence-corrected chi connectivity index (χ3v) is 4.47. The van der Waals surface area contributed by atoms with E-state index in [-0.39, 0.29) is 18.1 Å². The maximum Gasteiger partial charge on any atom is 0.267 e. The van der Waals surface area contributed by atoms with E-state index in [2.05, 4.69) is 46.4 Å². The number of benzene rings is 1. The molecule has 1 aliphatic heterocycles. The van der Waals surface area contributed by atoms with Crippen molar-refractivity contribution in [2.45, 2.75) is 32.0 Å². The van der Waals surface area contributed by atoms with Crippen LogP contribution in [0.5, 0.6) is 0 Å². The number of nitrogens with one attached hydrogen (secondary N) is 2. The molecule has 2 N–H and O–H groups in total. The first kappa shape index (κ1) is 16.7. The largest absolute Gasteiger partial charge is 0.373 e. The lowest BCUT2D eigenvalue weighted by atomic mass is 10.1. The highest BCUT2D eigenvalue weighted by Crippen LogP contribution is 2.15. The van der Waals surface area contributed by atoms with Gasteiger partial charge in [0.25, 0.3) is 5.91 Å². The summed E-state index contributed by atoms with van der Waals surface area (Å²) in [5, 5.41) is 3.10. The number of aromatic nitrogens is 1. The summed E-state index contributed by atoms with van der Waals surface area (Å²) >= 11 is 0. The van der Waals surface area contributed by atoms with Gasteiger partial charge in [-0.05, 0) is 24.1 Å². The van der Waals surface area contributed by atoms with Crippen molar-refractivity contribution in [1.82, 2.24) is 15.2 Å². The molecule has 1 saturated heterocycles. The van der Waals surface area contributed by atoms with Crippen LogP contribution in [-0.4, -0.2) is 47.6 Å². The molecule has 2 atom stereocenters. The van der Waals surface area contributed by atoms with Crippen molar-refractivity contribution in [3.63, 3.8) is 0 Å². The van der Waals surface area contributed by atoms with Gasteiger partial charge in [0, 0.05) is 25.8 Å². The number of nitrogens with zero attached hydrogens (tertiary/aromatic N) is 1. The van der Waals surface area contributed by atoms with Crippen LogP contribution in [0.15, 0.2) is 48.7 Å². The second-order valence-corrected chi connectivity index (χ2v) is 6.20. The van der Waals surface area contributed by atoms with E-state index in [4.69, 9.17) is 4.74 Å². The number of carbonyl (C=O) groups excluding carboxylic acids is 1. The van der Waals surface area contributed by atoms with E-state index >= 15 is 0 Å². The first-order chi connectivity index (χ1) is 11.8. The van der Waals surface area contributed by atoms with Gasteiger partial charge in [-0.1, -0.05) is 37.3 Å². The Morgan fingerprint density at radius 2 is 2.17 bits per heavy atom. The fourth-order valence-corrected chi connectivity index (χ4v) is 3.14. The molecule has 0 unspecified atom stereocenters. The Hall–Kier alpha value is -2.11. The predicted octanol–water partition coefficient (Wildman–Crippen LogP) is 2.42. The molecule has 24 heavy (non-hydrogen) atoms. The van der Waals surface area contributed by atoms with Crippen LogP contribution in [0.25, 0.3) is 0 Å². The SMILES string of the molecule is CC[C@@H](NC(=O)c1ccc[nH]1)[C@H]1CN(Cc2ccccc2)CCO1. The fraction of sp³-hybridized carbons (Fsp3) is 0.421. The molecule has 2 aromatic rings. The van der Waals surface area contributed by atoms with E-state index in [9.17, 15) is 4.79 Å². The smallest absolute Gasteiger partial charge is 0.267 e. The van der Waals surface area contributed by atoms with E-state index < -0.39 is 0 Å². The van der Waals surface area contributed by atoms with Gasteiger partial charge in [-0.2, -0.15) is 0 Å². The molecule has 128 valence electrons. The molecule has 0 aliphatic carbocycles. The Morgan fingerprint density at radius 1 is 1.33 bits per heavy atom. The molecule has 3 rings (SSSR count). The van der Waals surface area contributed by atoms with Crippen molar-refractivity contribution in [3.05, 3.63) is 59.9 Å². The van der Waals surface area contributed by atoms with Crippen LogP contribution in [0.4, 0.5) is 0 Å². The number of amides is 1. The van der Waals surface area contributed by atoms with Crippen molar-refractivity contribution in [3.8, 4) is 0 Å². The Kier molecular flexibility index (Phi) is 5.67. The van der Waals surface area contributed by atoms with Gasteiger partial charge in [0.15, 0.2) is 0 Å². The Balaban J connectivity index is 1.58. The van der Waals surface area contributed by atoms with Gasteiger partial charge in [0.05, 0.1) is 18.8 Å². The summed E-state index contributed by atoms with van der Waals surface area (Å²) in [4.78, 5) is 17.6. The minimum absolute atomic E-state index is 0.0133. The summed E-state index contributed by atoms with van der Waals surface area (Å²) in [6, 6.07) is 14.1. The normalized spacial score (nSPS) is 19.8. The Morgan fingerprint density at radius 3 is 2.88 bits per heavy atom. The maximum atomic E-state index is 12.3. The molecule has 0 spiro atoms. The molecule has 2 heterocycles. The van der Waals surface area contributed by atoms with E-state index in [1.54, 1.807) is 12.3 Å². The molecule has 1 amide bonds. The first-order valence-corrected chi connectivity index (χ1v) is 8.58. The van der Waals surface area contributed by atoms with Crippen molar-refractivity contribution in [2.75, 3.05) is 19.7 Å². The van der Waals surface area contributed by atoms with Crippen molar-refractivity contribution in [2.24, 2.45) is 0 Å². The number of ether oxygens (including phenoxy) is 1.